The van der Waals surface area contributed by atoms with E-state index in [1.165, 1.54) is 5.57 Å². The predicted molar refractivity (Wildman–Crippen MR) is 86.3 cm³/mol. The fraction of sp³-hybridized carbons (Fsp3) is 0.737. The molecule has 3 fully saturated rings. The molecule has 0 heterocycles. The second-order valence-electron chi connectivity index (χ2n) is 8.25. The van der Waals surface area contributed by atoms with Crippen LogP contribution in [-0.2, 0) is 9.59 Å². The fourth-order valence-corrected chi connectivity index (χ4v) is 6.39. The topological polar surface area (TPSA) is 66.7 Å². The summed E-state index contributed by atoms with van der Waals surface area (Å²) in [5.41, 5.74) is 0.781. The fourth-order valence-electron chi connectivity index (χ4n) is 6.39. The highest BCUT2D eigenvalue weighted by atomic mass is 16.4. The number of nitrogens with zero attached hydrogens (tertiary/aromatic N) is 1. The van der Waals surface area contributed by atoms with Gasteiger partial charge in [-0.05, 0) is 62.4 Å². The summed E-state index contributed by atoms with van der Waals surface area (Å²) in [6, 6.07) is 0. The zero-order valence-corrected chi connectivity index (χ0v) is 13.8. The van der Waals surface area contributed by atoms with E-state index in [1.54, 1.807) is 6.21 Å². The van der Waals surface area contributed by atoms with Crippen molar-refractivity contribution >= 4 is 17.8 Å². The molecule has 4 aliphatic carbocycles. The molecule has 4 nitrogen and oxygen atoms in total. The normalized spacial score (nSPS) is 46.3. The molecule has 0 amide bonds. The number of fused-ring (bicyclic) bond motifs is 5. The summed E-state index contributed by atoms with van der Waals surface area (Å²) >= 11 is 0. The second-order valence-corrected chi connectivity index (χ2v) is 8.25. The van der Waals surface area contributed by atoms with Crippen molar-refractivity contribution in [1.82, 2.24) is 0 Å². The number of carbonyl (C=O) groups excluding carboxylic acids is 2. The minimum absolute atomic E-state index is 0.135. The van der Waals surface area contributed by atoms with Gasteiger partial charge in [-0.15, -0.1) is 5.16 Å². The number of rotatable bonds is 1. The molecule has 3 saturated carbocycles. The molecule has 0 saturated heterocycles. The number of ketones is 2. The molecule has 4 heteroatoms. The smallest absolute Gasteiger partial charge is 0.155 e. The molecule has 23 heavy (non-hydrogen) atoms. The Morgan fingerprint density at radius 2 is 1.96 bits per heavy atom. The van der Waals surface area contributed by atoms with Crippen LogP contribution in [0.4, 0.5) is 0 Å². The van der Waals surface area contributed by atoms with Crippen LogP contribution < -0.4 is 0 Å². The first-order valence-electron chi connectivity index (χ1n) is 8.97. The van der Waals surface area contributed by atoms with E-state index in [-0.39, 0.29) is 16.6 Å². The first-order chi connectivity index (χ1) is 11.0. The van der Waals surface area contributed by atoms with Gasteiger partial charge in [0.1, 0.15) is 5.78 Å². The van der Waals surface area contributed by atoms with Crippen LogP contribution in [-0.4, -0.2) is 23.0 Å². The maximum atomic E-state index is 12.4. The Balaban J connectivity index is 1.76. The molecule has 0 spiro atoms. The van der Waals surface area contributed by atoms with Gasteiger partial charge in [-0.1, -0.05) is 12.5 Å². The van der Waals surface area contributed by atoms with Crippen LogP contribution in [0.5, 0.6) is 0 Å². The first-order valence-corrected chi connectivity index (χ1v) is 8.97. The van der Waals surface area contributed by atoms with Crippen molar-refractivity contribution in [2.45, 2.75) is 58.3 Å². The van der Waals surface area contributed by atoms with E-state index in [4.69, 9.17) is 0 Å². The van der Waals surface area contributed by atoms with Gasteiger partial charge in [-0.2, -0.15) is 0 Å². The molecule has 0 aliphatic heterocycles. The Morgan fingerprint density at radius 1 is 1.13 bits per heavy atom. The van der Waals surface area contributed by atoms with Crippen molar-refractivity contribution in [2.75, 3.05) is 0 Å². The highest BCUT2D eigenvalue weighted by molar-refractivity contribution is 5.94. The Hall–Kier alpha value is -1.45. The van der Waals surface area contributed by atoms with Crippen LogP contribution in [0, 0.1) is 28.6 Å². The summed E-state index contributed by atoms with van der Waals surface area (Å²) in [6.45, 7) is 2.17. The summed E-state index contributed by atoms with van der Waals surface area (Å²) < 4.78 is 0. The van der Waals surface area contributed by atoms with E-state index in [1.807, 2.05) is 6.08 Å². The zero-order valence-electron chi connectivity index (χ0n) is 13.8. The van der Waals surface area contributed by atoms with Crippen molar-refractivity contribution < 1.29 is 14.8 Å². The molecule has 0 aromatic carbocycles. The van der Waals surface area contributed by atoms with Crippen molar-refractivity contribution in [3.05, 3.63) is 11.6 Å². The molecule has 0 aromatic heterocycles. The molecule has 0 aromatic rings. The van der Waals surface area contributed by atoms with Crippen LogP contribution in [0.2, 0.25) is 0 Å². The molecule has 5 atom stereocenters. The molecule has 0 unspecified atom stereocenters. The summed E-state index contributed by atoms with van der Waals surface area (Å²) in [5, 5.41) is 12.7. The van der Waals surface area contributed by atoms with Gasteiger partial charge >= 0.3 is 0 Å². The van der Waals surface area contributed by atoms with Gasteiger partial charge in [0, 0.05) is 23.7 Å². The number of Topliss-reactive ketones (excluding diaryl/α,β-unsaturated/α-hetero) is 1. The number of oxime groups is 1. The summed E-state index contributed by atoms with van der Waals surface area (Å²) in [7, 11) is 0. The average Bonchev–Trinajstić information content (AvgIpc) is 2.84. The van der Waals surface area contributed by atoms with Gasteiger partial charge in [0.05, 0.1) is 6.21 Å². The van der Waals surface area contributed by atoms with Crippen molar-refractivity contribution in [1.29, 1.82) is 0 Å². The highest BCUT2D eigenvalue weighted by Crippen LogP contribution is 2.63. The van der Waals surface area contributed by atoms with Crippen LogP contribution in [0.1, 0.15) is 58.3 Å². The van der Waals surface area contributed by atoms with E-state index < -0.39 is 0 Å². The standard InChI is InChI=1S/C19H25NO3/c1-18-8-7-16-14(15(18)4-5-17(18)22)3-2-12-10-13(21)6-9-19(12,16)11-20-23/h10-11,14-16,23H,2-9H2,1H3/b20-11+/t14-,15-,16-,18-,19+/m0/s1. The highest BCUT2D eigenvalue weighted by Gasteiger charge is 2.59. The minimum Gasteiger partial charge on any atom is -0.411 e. The summed E-state index contributed by atoms with van der Waals surface area (Å²) in [6.07, 6.45) is 10.5. The Labute approximate surface area is 137 Å². The third-order valence-electron chi connectivity index (χ3n) is 7.56. The van der Waals surface area contributed by atoms with Crippen molar-refractivity contribution in [3.63, 3.8) is 0 Å². The lowest BCUT2D eigenvalue weighted by atomic mass is 9.47. The zero-order chi connectivity index (χ0) is 16.2. The summed E-state index contributed by atoms with van der Waals surface area (Å²) in [4.78, 5) is 24.3. The maximum absolute atomic E-state index is 12.4. The molecule has 1 N–H and O–H groups in total. The van der Waals surface area contributed by atoms with Gasteiger partial charge in [-0.25, -0.2) is 0 Å². The van der Waals surface area contributed by atoms with Crippen LogP contribution in [0.3, 0.4) is 0 Å². The lowest BCUT2D eigenvalue weighted by Crippen LogP contribution is -2.52. The monoisotopic (exact) mass is 315 g/mol. The van der Waals surface area contributed by atoms with E-state index in [0.717, 1.165) is 44.9 Å². The largest absolute Gasteiger partial charge is 0.411 e. The van der Waals surface area contributed by atoms with Gasteiger partial charge in [0.15, 0.2) is 5.78 Å². The molecular weight excluding hydrogens is 290 g/mol. The number of allylic oxidation sites excluding steroid dienone is 1. The average molecular weight is 315 g/mol. The Bertz CT molecular complexity index is 622. The van der Waals surface area contributed by atoms with E-state index in [2.05, 4.69) is 12.1 Å². The third-order valence-corrected chi connectivity index (χ3v) is 7.56. The van der Waals surface area contributed by atoms with Crippen LogP contribution in [0.15, 0.2) is 16.8 Å². The number of hydrogen-bond donors (Lipinski definition) is 1. The number of carbonyl (C=O) groups is 2. The SMILES string of the molecule is C[C@]12CC[C@H]3[C@@H](CCC4=CC(=O)CC[C@@]43/C=N/O)[C@@H]1CCC2=O. The lowest BCUT2D eigenvalue weighted by Gasteiger charge is -2.56. The first kappa shape index (κ1) is 15.1. The molecule has 0 radical (unpaired) electrons. The molecule has 124 valence electrons. The quantitative estimate of drug-likeness (QED) is 0.457. The van der Waals surface area contributed by atoms with Gasteiger partial charge < -0.3 is 5.21 Å². The predicted octanol–water partition coefficient (Wildman–Crippen LogP) is 3.53. The van der Waals surface area contributed by atoms with Gasteiger partial charge in [0.25, 0.3) is 0 Å². The van der Waals surface area contributed by atoms with Crippen molar-refractivity contribution in [2.24, 2.45) is 33.7 Å². The second kappa shape index (κ2) is 5.02. The molecular formula is C19H25NO3. The molecule has 4 rings (SSSR count). The Kier molecular flexibility index (Phi) is 3.30. The minimum atomic E-state index is -0.251. The lowest BCUT2D eigenvalue weighted by molar-refractivity contribution is -0.131. The van der Waals surface area contributed by atoms with E-state index in [9.17, 15) is 14.8 Å². The van der Waals surface area contributed by atoms with Crippen LogP contribution >= 0.6 is 0 Å². The number of hydrogen-bond acceptors (Lipinski definition) is 4. The van der Waals surface area contributed by atoms with Crippen LogP contribution in [0.25, 0.3) is 0 Å². The Morgan fingerprint density at radius 3 is 2.74 bits per heavy atom. The van der Waals surface area contributed by atoms with Gasteiger partial charge in [0.2, 0.25) is 0 Å². The van der Waals surface area contributed by atoms with Gasteiger partial charge in [-0.3, -0.25) is 9.59 Å². The summed E-state index contributed by atoms with van der Waals surface area (Å²) in [5.74, 6) is 2.05. The molecule has 4 aliphatic rings. The van der Waals surface area contributed by atoms with E-state index in [0.29, 0.717) is 30.0 Å². The maximum Gasteiger partial charge on any atom is 0.155 e. The van der Waals surface area contributed by atoms with Crippen molar-refractivity contribution in [3.8, 4) is 0 Å². The van der Waals surface area contributed by atoms with E-state index >= 15 is 0 Å². The third kappa shape index (κ3) is 1.93. The molecule has 0 bridgehead atoms.